The summed E-state index contributed by atoms with van der Waals surface area (Å²) in [7, 11) is 0. The molecule has 8 nitrogen and oxygen atoms in total. The van der Waals surface area contributed by atoms with Gasteiger partial charge >= 0.3 is 6.09 Å². The van der Waals surface area contributed by atoms with Crippen molar-refractivity contribution in [1.82, 2.24) is 9.97 Å². The fourth-order valence-electron chi connectivity index (χ4n) is 2.89. The number of amides is 1. The first-order valence-electron chi connectivity index (χ1n) is 10.8. The van der Waals surface area contributed by atoms with Crippen molar-refractivity contribution in [3.63, 3.8) is 0 Å². The number of halogens is 1. The minimum absolute atomic E-state index is 0.116. The van der Waals surface area contributed by atoms with Gasteiger partial charge in [0.25, 0.3) is 0 Å². The minimum Gasteiger partial charge on any atom is -0.444 e. The Kier molecular flexibility index (Phi) is 9.66. The molecule has 3 atom stereocenters. The number of rotatable bonds is 6. The van der Waals surface area contributed by atoms with E-state index >= 15 is 0 Å². The second kappa shape index (κ2) is 11.5. The maximum atomic E-state index is 12.6. The monoisotopic (exact) mass is 474 g/mol. The summed E-state index contributed by atoms with van der Waals surface area (Å²) in [6, 6.07) is 1.29. The molecule has 10 heteroatoms. The third-order valence-corrected chi connectivity index (χ3v) is 6.70. The first-order chi connectivity index (χ1) is 14.7. The second-order valence-electron chi connectivity index (χ2n) is 8.36. The number of carbonyl (C=O) groups is 1. The van der Waals surface area contributed by atoms with Crippen molar-refractivity contribution in [2.24, 2.45) is 5.41 Å². The van der Waals surface area contributed by atoms with E-state index < -0.39 is 6.09 Å². The Hall–Kier alpha value is -1.29. The van der Waals surface area contributed by atoms with Crippen molar-refractivity contribution in [3.8, 4) is 0 Å². The Morgan fingerprint density at radius 1 is 1.29 bits per heavy atom. The third kappa shape index (κ3) is 6.84. The van der Waals surface area contributed by atoms with Gasteiger partial charge in [0.15, 0.2) is 0 Å². The molecule has 1 aromatic rings. The van der Waals surface area contributed by atoms with Crippen molar-refractivity contribution in [2.45, 2.75) is 65.9 Å². The van der Waals surface area contributed by atoms with Gasteiger partial charge in [-0.1, -0.05) is 53.1 Å². The molecule has 2 aliphatic rings. The molecule has 3 heterocycles. The molecule has 2 aliphatic heterocycles. The molecule has 0 saturated carbocycles. The largest absolute Gasteiger partial charge is 0.444 e. The molecule has 0 spiro atoms. The summed E-state index contributed by atoms with van der Waals surface area (Å²) in [5.41, 5.74) is 0.116. The number of hydrogen-bond donors (Lipinski definition) is 0. The van der Waals surface area contributed by atoms with Gasteiger partial charge in [0.05, 0.1) is 19.8 Å². The fourth-order valence-corrected chi connectivity index (χ4v) is 3.77. The van der Waals surface area contributed by atoms with Crippen LogP contribution < -0.4 is 9.80 Å². The average Bonchev–Trinajstić information content (AvgIpc) is 3.02. The number of anilines is 2. The predicted octanol–water partition coefficient (Wildman–Crippen LogP) is 4.81. The normalized spacial score (nSPS) is 22.6. The van der Waals surface area contributed by atoms with E-state index in [0.717, 1.165) is 0 Å². The number of cyclic esters (lactones) is 1. The van der Waals surface area contributed by atoms with E-state index in [2.05, 4.69) is 37.7 Å². The summed E-state index contributed by atoms with van der Waals surface area (Å²) < 4.78 is 16.7. The molecule has 1 aromatic heterocycles. The highest BCUT2D eigenvalue weighted by molar-refractivity contribution is 7.95. The average molecular weight is 475 g/mol. The maximum Gasteiger partial charge on any atom is 0.416 e. The van der Waals surface area contributed by atoms with Gasteiger partial charge in [-0.25, -0.2) is 9.78 Å². The van der Waals surface area contributed by atoms with Gasteiger partial charge in [-0.05, 0) is 24.4 Å². The van der Waals surface area contributed by atoms with Gasteiger partial charge < -0.3 is 18.6 Å². The molecule has 2 saturated heterocycles. The van der Waals surface area contributed by atoms with E-state index in [4.69, 9.17) is 25.3 Å². The van der Waals surface area contributed by atoms with Gasteiger partial charge in [0.2, 0.25) is 5.95 Å². The lowest BCUT2D eigenvalue weighted by Gasteiger charge is -2.29. The van der Waals surface area contributed by atoms with Crippen LogP contribution in [0.15, 0.2) is 6.07 Å². The van der Waals surface area contributed by atoms with Crippen LogP contribution in [0.2, 0.25) is 5.15 Å². The van der Waals surface area contributed by atoms with E-state index in [1.54, 1.807) is 6.07 Å². The van der Waals surface area contributed by atoms with Crippen LogP contribution >= 0.6 is 23.6 Å². The quantitative estimate of drug-likeness (QED) is 0.429. The molecule has 0 aromatic carbocycles. The van der Waals surface area contributed by atoms with Crippen molar-refractivity contribution < 1.29 is 18.5 Å². The molecular weight excluding hydrogens is 440 g/mol. The van der Waals surface area contributed by atoms with Gasteiger partial charge in [0, 0.05) is 24.4 Å². The van der Waals surface area contributed by atoms with Crippen LogP contribution in [0, 0.1) is 5.41 Å². The number of carbonyl (C=O) groups excluding carboxylic acids is 1. The van der Waals surface area contributed by atoms with E-state index in [-0.39, 0.29) is 22.7 Å². The van der Waals surface area contributed by atoms with Crippen LogP contribution in [-0.4, -0.2) is 66.4 Å². The lowest BCUT2D eigenvalue weighted by molar-refractivity contribution is 0.122. The summed E-state index contributed by atoms with van der Waals surface area (Å²) in [6.07, 6.45) is -0.781. The summed E-state index contributed by atoms with van der Waals surface area (Å²) in [4.78, 5) is 25.0. The van der Waals surface area contributed by atoms with Gasteiger partial charge in [-0.3, -0.25) is 4.90 Å². The van der Waals surface area contributed by atoms with Crippen molar-refractivity contribution in [1.29, 1.82) is 0 Å². The zero-order chi connectivity index (χ0) is 23.2. The van der Waals surface area contributed by atoms with Gasteiger partial charge in [-0.15, -0.1) is 0 Å². The number of ether oxygens (including phenoxy) is 2. The molecule has 31 heavy (non-hydrogen) atoms. The van der Waals surface area contributed by atoms with Gasteiger partial charge in [0.1, 0.15) is 23.1 Å². The number of hydrogen-bond acceptors (Lipinski definition) is 8. The zero-order valence-corrected chi connectivity index (χ0v) is 21.1. The molecule has 176 valence electrons. The lowest BCUT2D eigenvalue weighted by atomic mass is 9.93. The molecule has 0 aliphatic carbocycles. The van der Waals surface area contributed by atoms with Crippen LogP contribution in [0.25, 0.3) is 0 Å². The summed E-state index contributed by atoms with van der Waals surface area (Å²) in [6.45, 7) is 17.4. The Labute approximate surface area is 195 Å². The summed E-state index contributed by atoms with van der Waals surface area (Å²) in [5, 5.41) is 0.574. The topological polar surface area (TPSA) is 77.0 Å². The summed E-state index contributed by atoms with van der Waals surface area (Å²) in [5.74, 6) is 0.905. The van der Waals surface area contributed by atoms with Crippen molar-refractivity contribution in [3.05, 3.63) is 11.2 Å². The molecule has 2 fully saturated rings. The molecule has 1 unspecified atom stereocenters. The van der Waals surface area contributed by atoms with Crippen LogP contribution in [0.1, 0.15) is 48.5 Å². The first kappa shape index (κ1) is 26.0. The van der Waals surface area contributed by atoms with Gasteiger partial charge in [-0.2, -0.15) is 4.98 Å². The number of aromatic nitrogens is 2. The highest BCUT2D eigenvalue weighted by Gasteiger charge is 2.42. The smallest absolute Gasteiger partial charge is 0.416 e. The fraction of sp³-hybridized carbons (Fsp3) is 0.762. The van der Waals surface area contributed by atoms with Crippen LogP contribution in [-0.2, 0) is 13.7 Å². The molecule has 3 rings (SSSR count). The lowest BCUT2D eigenvalue weighted by Crippen LogP contribution is -2.41. The standard InChI is InChI=1S/C19H29ClN4O4S.C2H6/c1-12-14(11-27-29-13(2)19(3,4)5)24(18(25)28-12)16-10-15(20)21-17(22-16)23-6-8-26-9-7-23;1-2/h10,12-14H,6-9,11H2,1-5H3;1-2H3/t12-,13?,14+;/m1./s1. The number of nitrogens with zero attached hydrogens (tertiary/aromatic N) is 4. The van der Waals surface area contributed by atoms with E-state index in [1.165, 1.54) is 16.9 Å². The van der Waals surface area contributed by atoms with Crippen molar-refractivity contribution in [2.75, 3.05) is 42.7 Å². The Morgan fingerprint density at radius 2 is 1.94 bits per heavy atom. The zero-order valence-electron chi connectivity index (χ0n) is 19.6. The van der Waals surface area contributed by atoms with E-state index in [9.17, 15) is 4.79 Å². The molecule has 1 amide bonds. The minimum atomic E-state index is -0.456. The Balaban J connectivity index is 0.00000166. The molecule has 0 bridgehead atoms. The molecular formula is C21H35ClN4O4S. The molecule has 0 N–H and O–H groups in total. The first-order valence-corrected chi connectivity index (χ1v) is 12.0. The summed E-state index contributed by atoms with van der Waals surface area (Å²) >= 11 is 7.68. The Morgan fingerprint density at radius 3 is 2.55 bits per heavy atom. The highest BCUT2D eigenvalue weighted by Crippen LogP contribution is 2.33. The van der Waals surface area contributed by atoms with E-state index in [1.807, 2.05) is 25.7 Å². The van der Waals surface area contributed by atoms with Crippen LogP contribution in [0.4, 0.5) is 16.6 Å². The third-order valence-electron chi connectivity index (χ3n) is 5.24. The van der Waals surface area contributed by atoms with E-state index in [0.29, 0.717) is 49.9 Å². The molecule has 0 radical (unpaired) electrons. The Bertz CT molecular complexity index is 728. The van der Waals surface area contributed by atoms with Crippen LogP contribution in [0.5, 0.6) is 0 Å². The number of morpholine rings is 1. The second-order valence-corrected chi connectivity index (χ2v) is 9.89. The van der Waals surface area contributed by atoms with Crippen molar-refractivity contribution >= 4 is 41.5 Å². The SMILES string of the molecule is CC.CC(SOC[C@H]1[C@@H](C)OC(=O)N1c1cc(Cl)nc(N2CCOCC2)n1)C(C)(C)C. The highest BCUT2D eigenvalue weighted by atomic mass is 35.5. The van der Waals surface area contributed by atoms with Crippen LogP contribution in [0.3, 0.4) is 0 Å². The maximum absolute atomic E-state index is 12.6. The predicted molar refractivity (Wildman–Crippen MR) is 126 cm³/mol.